The summed E-state index contributed by atoms with van der Waals surface area (Å²) in [5, 5.41) is 15.3. The minimum absolute atomic E-state index is 0. The van der Waals surface area contributed by atoms with Gasteiger partial charge >= 0.3 is 0 Å². The molecular weight excluding hydrogens is 360 g/mol. The first-order valence-electron chi connectivity index (χ1n) is 6.04. The maximum absolute atomic E-state index is 13.2. The highest BCUT2D eigenvalue weighted by atomic mass is 127. The van der Waals surface area contributed by atoms with Gasteiger partial charge in [-0.2, -0.15) is 0 Å². The number of halogens is 2. The van der Waals surface area contributed by atoms with Crippen LogP contribution in [-0.4, -0.2) is 24.7 Å². The van der Waals surface area contributed by atoms with Gasteiger partial charge in [-0.3, -0.25) is 4.99 Å². The lowest BCUT2D eigenvalue weighted by Crippen LogP contribution is -2.37. The number of aliphatic hydroxyl groups excluding tert-OH is 1. The summed E-state index contributed by atoms with van der Waals surface area (Å²) in [5.74, 6) is 0.335. The lowest BCUT2D eigenvalue weighted by atomic mass is 10.1. The van der Waals surface area contributed by atoms with Crippen LogP contribution in [-0.2, 0) is 13.2 Å². The molecule has 1 rings (SSSR count). The molecule has 0 saturated heterocycles. The van der Waals surface area contributed by atoms with E-state index in [4.69, 9.17) is 5.11 Å². The van der Waals surface area contributed by atoms with Crippen molar-refractivity contribution in [1.82, 2.24) is 10.6 Å². The zero-order valence-electron chi connectivity index (χ0n) is 11.2. The second-order valence-corrected chi connectivity index (χ2v) is 3.94. The van der Waals surface area contributed by atoms with Gasteiger partial charge in [0.2, 0.25) is 0 Å². The fourth-order valence-corrected chi connectivity index (χ4v) is 1.51. The second kappa shape index (κ2) is 9.96. The molecule has 0 aliphatic carbocycles. The fraction of sp³-hybridized carbons (Fsp3) is 0.462. The fourth-order valence-electron chi connectivity index (χ4n) is 1.51. The van der Waals surface area contributed by atoms with Gasteiger partial charge < -0.3 is 15.7 Å². The Morgan fingerprint density at radius 3 is 2.68 bits per heavy atom. The van der Waals surface area contributed by atoms with E-state index in [9.17, 15) is 4.39 Å². The summed E-state index contributed by atoms with van der Waals surface area (Å²) < 4.78 is 13.2. The molecule has 6 heteroatoms. The Morgan fingerprint density at radius 1 is 1.37 bits per heavy atom. The van der Waals surface area contributed by atoms with Gasteiger partial charge in [0, 0.05) is 25.7 Å². The largest absolute Gasteiger partial charge is 0.392 e. The molecule has 1 aromatic rings. The first-order chi connectivity index (χ1) is 8.71. The molecule has 0 fully saturated rings. The van der Waals surface area contributed by atoms with Gasteiger partial charge in [0.25, 0.3) is 0 Å². The van der Waals surface area contributed by atoms with Gasteiger partial charge in [-0.25, -0.2) is 4.39 Å². The first-order valence-corrected chi connectivity index (χ1v) is 6.04. The van der Waals surface area contributed by atoms with Crippen LogP contribution >= 0.6 is 24.0 Å². The Morgan fingerprint density at radius 2 is 2.11 bits per heavy atom. The number of hydrogen-bond acceptors (Lipinski definition) is 2. The van der Waals surface area contributed by atoms with Gasteiger partial charge in [0.15, 0.2) is 5.96 Å². The summed E-state index contributed by atoms with van der Waals surface area (Å²) in [6.07, 6.45) is 1.02. The number of benzene rings is 1. The van der Waals surface area contributed by atoms with E-state index in [1.54, 1.807) is 19.2 Å². The van der Waals surface area contributed by atoms with Crippen molar-refractivity contribution in [3.05, 3.63) is 35.1 Å². The van der Waals surface area contributed by atoms with E-state index in [-0.39, 0.29) is 36.4 Å². The topological polar surface area (TPSA) is 56.7 Å². The van der Waals surface area contributed by atoms with Crippen LogP contribution in [0.4, 0.5) is 4.39 Å². The number of rotatable bonds is 5. The molecule has 0 atom stereocenters. The van der Waals surface area contributed by atoms with Crippen LogP contribution in [0.2, 0.25) is 0 Å². The molecular formula is C13H21FIN3O. The van der Waals surface area contributed by atoms with Crippen LogP contribution in [0.5, 0.6) is 0 Å². The maximum atomic E-state index is 13.2. The van der Waals surface area contributed by atoms with Crippen LogP contribution < -0.4 is 10.6 Å². The van der Waals surface area contributed by atoms with Crippen LogP contribution in [0.1, 0.15) is 24.5 Å². The standard InChI is InChI=1S/C13H20FN3O.HI/c1-3-6-16-13(15-2)17-8-10-4-5-12(14)11(7-10)9-18;/h4-5,7,18H,3,6,8-9H2,1-2H3,(H2,15,16,17);1H. The number of nitrogens with one attached hydrogen (secondary N) is 2. The Bertz CT molecular complexity index is 413. The highest BCUT2D eigenvalue weighted by Gasteiger charge is 2.03. The quantitative estimate of drug-likeness (QED) is 0.416. The number of guanidine groups is 1. The smallest absolute Gasteiger partial charge is 0.191 e. The Balaban J connectivity index is 0.00000324. The molecule has 0 unspecified atom stereocenters. The molecule has 0 aliphatic heterocycles. The van der Waals surface area contributed by atoms with Crippen molar-refractivity contribution in [1.29, 1.82) is 0 Å². The van der Waals surface area contributed by atoms with Crippen molar-refractivity contribution >= 4 is 29.9 Å². The van der Waals surface area contributed by atoms with Crippen molar-refractivity contribution in [2.24, 2.45) is 4.99 Å². The minimum Gasteiger partial charge on any atom is -0.392 e. The number of hydrogen-bond donors (Lipinski definition) is 3. The van der Waals surface area contributed by atoms with E-state index in [1.807, 2.05) is 0 Å². The van der Waals surface area contributed by atoms with E-state index in [0.29, 0.717) is 18.1 Å². The molecule has 3 N–H and O–H groups in total. The van der Waals surface area contributed by atoms with Gasteiger partial charge in [0.1, 0.15) is 5.82 Å². The second-order valence-electron chi connectivity index (χ2n) is 3.94. The third-order valence-electron chi connectivity index (χ3n) is 2.51. The maximum Gasteiger partial charge on any atom is 0.191 e. The first kappa shape index (κ1) is 18.1. The van der Waals surface area contributed by atoms with Crippen LogP contribution in [0.3, 0.4) is 0 Å². The van der Waals surface area contributed by atoms with Gasteiger partial charge in [-0.15, -0.1) is 24.0 Å². The molecule has 0 heterocycles. The summed E-state index contributed by atoms with van der Waals surface area (Å²) in [6, 6.07) is 4.70. The predicted octanol–water partition coefficient (Wildman–Crippen LogP) is 2.01. The van der Waals surface area contributed by atoms with Gasteiger partial charge in [-0.05, 0) is 24.1 Å². The molecule has 19 heavy (non-hydrogen) atoms. The molecule has 4 nitrogen and oxygen atoms in total. The Kier molecular flexibility index (Phi) is 9.50. The molecule has 0 amide bonds. The monoisotopic (exact) mass is 381 g/mol. The number of aliphatic hydroxyl groups is 1. The third-order valence-corrected chi connectivity index (χ3v) is 2.51. The van der Waals surface area contributed by atoms with E-state index in [1.165, 1.54) is 6.07 Å². The van der Waals surface area contributed by atoms with Crippen molar-refractivity contribution in [2.75, 3.05) is 13.6 Å². The molecule has 0 aromatic heterocycles. The van der Waals surface area contributed by atoms with Crippen molar-refractivity contribution in [3.63, 3.8) is 0 Å². The van der Waals surface area contributed by atoms with Crippen molar-refractivity contribution in [2.45, 2.75) is 26.5 Å². The highest BCUT2D eigenvalue weighted by molar-refractivity contribution is 14.0. The highest BCUT2D eigenvalue weighted by Crippen LogP contribution is 2.10. The normalized spacial score (nSPS) is 10.8. The minimum atomic E-state index is -0.380. The van der Waals surface area contributed by atoms with E-state index in [0.717, 1.165) is 18.5 Å². The molecule has 108 valence electrons. The average Bonchev–Trinajstić information content (AvgIpc) is 2.40. The molecule has 0 radical (unpaired) electrons. The summed E-state index contributed by atoms with van der Waals surface area (Å²) in [4.78, 5) is 4.07. The van der Waals surface area contributed by atoms with E-state index < -0.39 is 0 Å². The van der Waals surface area contributed by atoms with Gasteiger partial charge in [0.05, 0.1) is 6.61 Å². The Labute approximate surface area is 130 Å². The zero-order chi connectivity index (χ0) is 13.4. The molecule has 0 saturated carbocycles. The third kappa shape index (κ3) is 6.20. The Hall–Kier alpha value is -0.890. The molecule has 0 spiro atoms. The van der Waals surface area contributed by atoms with Crippen molar-refractivity contribution < 1.29 is 9.50 Å². The van der Waals surface area contributed by atoms with Gasteiger partial charge in [-0.1, -0.05) is 13.0 Å². The SMILES string of the molecule is CCCNC(=NC)NCc1ccc(F)c(CO)c1.I. The molecule has 0 aliphatic rings. The number of aliphatic imine (C=N–C) groups is 1. The lowest BCUT2D eigenvalue weighted by molar-refractivity contribution is 0.275. The number of nitrogens with zero attached hydrogens (tertiary/aromatic N) is 1. The van der Waals surface area contributed by atoms with Crippen molar-refractivity contribution in [3.8, 4) is 0 Å². The summed E-state index contributed by atoms with van der Waals surface area (Å²) in [5.41, 5.74) is 1.21. The molecule has 0 bridgehead atoms. The molecule has 1 aromatic carbocycles. The summed E-state index contributed by atoms with van der Waals surface area (Å²) in [6.45, 7) is 3.18. The summed E-state index contributed by atoms with van der Waals surface area (Å²) >= 11 is 0. The summed E-state index contributed by atoms with van der Waals surface area (Å²) in [7, 11) is 1.70. The van der Waals surface area contributed by atoms with Crippen LogP contribution in [0.15, 0.2) is 23.2 Å². The van der Waals surface area contributed by atoms with E-state index >= 15 is 0 Å². The van der Waals surface area contributed by atoms with Crippen LogP contribution in [0, 0.1) is 5.82 Å². The van der Waals surface area contributed by atoms with Crippen LogP contribution in [0.25, 0.3) is 0 Å². The van der Waals surface area contributed by atoms with E-state index in [2.05, 4.69) is 22.5 Å². The average molecular weight is 381 g/mol. The predicted molar refractivity (Wildman–Crippen MR) is 86.2 cm³/mol. The lowest BCUT2D eigenvalue weighted by Gasteiger charge is -2.11. The zero-order valence-corrected chi connectivity index (χ0v) is 13.6.